The van der Waals surface area contributed by atoms with Crippen LogP contribution in [0.25, 0.3) is 5.69 Å². The molecule has 8 nitrogen and oxygen atoms in total. The third-order valence-corrected chi connectivity index (χ3v) is 7.39. The number of hydrogen-bond acceptors (Lipinski definition) is 6. The molecule has 0 unspecified atom stereocenters. The topological polar surface area (TPSA) is 77.9 Å². The molecule has 1 aliphatic heterocycles. The zero-order chi connectivity index (χ0) is 27.7. The Bertz CT molecular complexity index is 1520. The maximum absolute atomic E-state index is 12.0. The van der Waals surface area contributed by atoms with E-state index in [1.807, 2.05) is 48.5 Å². The number of anilines is 1. The van der Waals surface area contributed by atoms with Crippen molar-refractivity contribution >= 4 is 29.0 Å². The molecule has 0 spiro atoms. The molecule has 1 fully saturated rings. The van der Waals surface area contributed by atoms with Crippen LogP contribution in [0, 0.1) is 13.8 Å². The van der Waals surface area contributed by atoms with Gasteiger partial charge in [0.15, 0.2) is 5.11 Å². The largest absolute Gasteiger partial charge is 0.497 e. The minimum absolute atomic E-state index is 0.217. The molecule has 2 aromatic heterocycles. The number of nitrogens with zero attached hydrogens (tertiary/aromatic N) is 3. The fourth-order valence-electron chi connectivity index (χ4n) is 5.26. The molecule has 1 aliphatic rings. The first-order chi connectivity index (χ1) is 18.9. The number of ether oxygens (including phenoxy) is 3. The number of esters is 1. The molecular formula is C30H30N4O4S. The summed E-state index contributed by atoms with van der Waals surface area (Å²) in [6.45, 7) is 4.16. The second-order valence-electron chi connectivity index (χ2n) is 9.23. The molecule has 1 N–H and O–H groups in total. The van der Waals surface area contributed by atoms with E-state index in [-0.39, 0.29) is 18.1 Å². The molecule has 0 radical (unpaired) electrons. The van der Waals surface area contributed by atoms with E-state index >= 15 is 0 Å². The Morgan fingerprint density at radius 1 is 0.974 bits per heavy atom. The highest BCUT2D eigenvalue weighted by molar-refractivity contribution is 7.80. The number of hydrogen-bond donors (Lipinski definition) is 1. The lowest BCUT2D eigenvalue weighted by Crippen LogP contribution is -2.30. The zero-order valence-corrected chi connectivity index (χ0v) is 23.3. The summed E-state index contributed by atoms with van der Waals surface area (Å²) >= 11 is 5.93. The van der Waals surface area contributed by atoms with Gasteiger partial charge in [-0.1, -0.05) is 6.07 Å². The Hall–Kier alpha value is -4.37. The maximum atomic E-state index is 12.0. The Morgan fingerprint density at radius 3 is 2.38 bits per heavy atom. The zero-order valence-electron chi connectivity index (χ0n) is 22.5. The smallest absolute Gasteiger partial charge is 0.337 e. The Labute approximate surface area is 233 Å². The highest BCUT2D eigenvalue weighted by Crippen LogP contribution is 2.47. The number of methoxy groups -OCH3 is 3. The first-order valence-electron chi connectivity index (χ1n) is 12.5. The fraction of sp³-hybridized carbons (Fsp3) is 0.233. The van der Waals surface area contributed by atoms with Crippen LogP contribution in [-0.4, -0.2) is 42.0 Å². The van der Waals surface area contributed by atoms with Gasteiger partial charge in [-0.2, -0.15) is 0 Å². The molecule has 1 saturated heterocycles. The number of aryl methyl sites for hydroxylation is 1. The number of carbonyl (C=O) groups excluding carboxylic acids is 1. The van der Waals surface area contributed by atoms with Gasteiger partial charge in [-0.25, -0.2) is 4.79 Å². The van der Waals surface area contributed by atoms with Gasteiger partial charge in [-0.15, -0.1) is 0 Å². The lowest BCUT2D eigenvalue weighted by Gasteiger charge is -2.29. The number of pyridine rings is 1. The van der Waals surface area contributed by atoms with Gasteiger partial charge in [0, 0.05) is 29.3 Å². The standard InChI is InChI=1S/C30H30N4O4S/c1-18-16-23(19(2)33(18)21-11-9-20(10-12-21)29(35)38-5)28-27(24-8-6-7-15-31-24)32-30(39)34(28)25-17-22(36-3)13-14-26(25)37-4/h6-17,27-28H,1-5H3,(H,32,39)/t27-,28+/m1/s1. The Balaban J connectivity index is 1.67. The van der Waals surface area contributed by atoms with Crippen molar-refractivity contribution in [1.82, 2.24) is 14.9 Å². The molecule has 0 aliphatic carbocycles. The molecule has 5 rings (SSSR count). The van der Waals surface area contributed by atoms with E-state index in [1.54, 1.807) is 32.5 Å². The number of aromatic nitrogens is 2. The van der Waals surface area contributed by atoms with Gasteiger partial charge in [-0.3, -0.25) is 4.98 Å². The summed E-state index contributed by atoms with van der Waals surface area (Å²) in [4.78, 5) is 18.7. The minimum atomic E-state index is -0.366. The van der Waals surface area contributed by atoms with Crippen molar-refractivity contribution < 1.29 is 19.0 Å². The third kappa shape index (κ3) is 4.70. The number of carbonyl (C=O) groups is 1. The predicted octanol–water partition coefficient (Wildman–Crippen LogP) is 5.47. The highest BCUT2D eigenvalue weighted by Gasteiger charge is 2.43. The van der Waals surface area contributed by atoms with E-state index < -0.39 is 0 Å². The predicted molar refractivity (Wildman–Crippen MR) is 154 cm³/mol. The van der Waals surface area contributed by atoms with Crippen LogP contribution in [0.5, 0.6) is 11.5 Å². The van der Waals surface area contributed by atoms with Gasteiger partial charge < -0.3 is 29.0 Å². The molecule has 3 heterocycles. The highest BCUT2D eigenvalue weighted by atomic mass is 32.1. The van der Waals surface area contributed by atoms with E-state index in [1.165, 1.54) is 7.11 Å². The molecule has 0 amide bonds. The summed E-state index contributed by atoms with van der Waals surface area (Å²) in [7, 11) is 4.66. The average molecular weight is 543 g/mol. The molecule has 0 saturated carbocycles. The van der Waals surface area contributed by atoms with Crippen LogP contribution in [0.15, 0.2) is 72.9 Å². The van der Waals surface area contributed by atoms with Gasteiger partial charge in [0.2, 0.25) is 0 Å². The van der Waals surface area contributed by atoms with E-state index in [0.717, 1.165) is 34.0 Å². The monoisotopic (exact) mass is 542 g/mol. The molecule has 2 atom stereocenters. The fourth-order valence-corrected chi connectivity index (χ4v) is 5.60. The first-order valence-corrected chi connectivity index (χ1v) is 12.9. The van der Waals surface area contributed by atoms with Crippen LogP contribution in [0.1, 0.15) is 45.1 Å². The molecule has 39 heavy (non-hydrogen) atoms. The lowest BCUT2D eigenvalue weighted by molar-refractivity contribution is 0.0600. The number of thiocarbonyl (C=S) groups is 1. The Morgan fingerprint density at radius 2 is 1.74 bits per heavy atom. The van der Waals surface area contributed by atoms with Crippen LogP contribution in [0.2, 0.25) is 0 Å². The molecular weight excluding hydrogens is 512 g/mol. The molecule has 0 bridgehead atoms. The molecule has 2 aromatic carbocycles. The Kier molecular flexibility index (Phi) is 7.26. The van der Waals surface area contributed by atoms with Crippen LogP contribution < -0.4 is 19.7 Å². The minimum Gasteiger partial charge on any atom is -0.497 e. The van der Waals surface area contributed by atoms with Gasteiger partial charge in [0.25, 0.3) is 0 Å². The third-order valence-electron chi connectivity index (χ3n) is 7.08. The van der Waals surface area contributed by atoms with Crippen LogP contribution in [0.3, 0.4) is 0 Å². The van der Waals surface area contributed by atoms with Gasteiger partial charge in [-0.05, 0) is 86.2 Å². The second-order valence-corrected chi connectivity index (χ2v) is 9.62. The number of benzene rings is 2. The van der Waals surface area contributed by atoms with E-state index in [4.69, 9.17) is 26.4 Å². The summed E-state index contributed by atoms with van der Waals surface area (Å²) in [6.07, 6.45) is 1.79. The summed E-state index contributed by atoms with van der Waals surface area (Å²) < 4.78 is 18.3. The quantitative estimate of drug-likeness (QED) is 0.243. The van der Waals surface area contributed by atoms with Crippen molar-refractivity contribution in [2.24, 2.45) is 0 Å². The van der Waals surface area contributed by atoms with Crippen molar-refractivity contribution in [1.29, 1.82) is 0 Å². The summed E-state index contributed by atoms with van der Waals surface area (Å²) in [6, 6.07) is 20.7. The van der Waals surface area contributed by atoms with Crippen molar-refractivity contribution in [3.63, 3.8) is 0 Å². The molecule has 4 aromatic rings. The first kappa shape index (κ1) is 26.2. The number of rotatable bonds is 7. The average Bonchev–Trinajstić information content (AvgIpc) is 3.47. The van der Waals surface area contributed by atoms with Crippen molar-refractivity contribution in [3.05, 3.63) is 101 Å². The number of nitrogens with one attached hydrogen (secondary N) is 1. The summed E-state index contributed by atoms with van der Waals surface area (Å²) in [5, 5.41) is 4.08. The summed E-state index contributed by atoms with van der Waals surface area (Å²) in [5.41, 5.74) is 6.29. The normalized spacial score (nSPS) is 16.6. The van der Waals surface area contributed by atoms with Crippen LogP contribution in [-0.2, 0) is 4.74 Å². The lowest BCUT2D eigenvalue weighted by atomic mass is 9.96. The van der Waals surface area contributed by atoms with Crippen molar-refractivity contribution in [3.8, 4) is 17.2 Å². The van der Waals surface area contributed by atoms with Crippen LogP contribution >= 0.6 is 12.2 Å². The van der Waals surface area contributed by atoms with Gasteiger partial charge in [0.1, 0.15) is 11.5 Å². The van der Waals surface area contributed by atoms with Crippen molar-refractivity contribution in [2.45, 2.75) is 25.9 Å². The van der Waals surface area contributed by atoms with E-state index in [2.05, 4.69) is 39.7 Å². The van der Waals surface area contributed by atoms with E-state index in [9.17, 15) is 4.79 Å². The maximum Gasteiger partial charge on any atom is 0.337 e. The van der Waals surface area contributed by atoms with Gasteiger partial charge in [0.05, 0.1) is 50.4 Å². The van der Waals surface area contributed by atoms with Crippen LogP contribution in [0.4, 0.5) is 5.69 Å². The summed E-state index contributed by atoms with van der Waals surface area (Å²) in [5.74, 6) is 1.01. The SMILES string of the molecule is COC(=O)c1ccc(-n2c(C)cc([C@H]3[C@@H](c4ccccn4)NC(=S)N3c3cc(OC)ccc3OC)c2C)cc1. The van der Waals surface area contributed by atoms with E-state index in [0.29, 0.717) is 22.2 Å². The second kappa shape index (κ2) is 10.8. The molecule has 200 valence electrons. The van der Waals surface area contributed by atoms with Crippen molar-refractivity contribution in [2.75, 3.05) is 26.2 Å². The van der Waals surface area contributed by atoms with Gasteiger partial charge >= 0.3 is 5.97 Å². The molecule has 9 heteroatoms.